The minimum atomic E-state index is -0.354. The van der Waals surface area contributed by atoms with Crippen molar-refractivity contribution in [3.63, 3.8) is 0 Å². The summed E-state index contributed by atoms with van der Waals surface area (Å²) in [6, 6.07) is 64.6. The Kier molecular flexibility index (Phi) is 9.68. The van der Waals surface area contributed by atoms with Crippen molar-refractivity contribution in [1.29, 1.82) is 0 Å². The van der Waals surface area contributed by atoms with E-state index in [2.05, 4.69) is 245 Å². The maximum absolute atomic E-state index is 5.87. The van der Waals surface area contributed by atoms with Gasteiger partial charge in [0.05, 0.1) is 27.6 Å². The quantitative estimate of drug-likeness (QED) is 0.173. The lowest BCUT2D eigenvalue weighted by molar-refractivity contribution is 0.591. The first-order chi connectivity index (χ1) is 33.3. The van der Waals surface area contributed by atoms with Crippen LogP contribution in [0.4, 0.5) is 0 Å². The van der Waals surface area contributed by atoms with E-state index in [1.54, 1.807) is 0 Å². The number of aryl methyl sites for hydroxylation is 3. The van der Waals surface area contributed by atoms with Crippen LogP contribution in [-0.2, 0) is 10.8 Å². The van der Waals surface area contributed by atoms with E-state index in [0.29, 0.717) is 0 Å². The molecule has 0 bridgehead atoms. The lowest BCUT2D eigenvalue weighted by atomic mass is 9.77. The summed E-state index contributed by atoms with van der Waals surface area (Å²) in [5, 5.41) is 4.79. The molecule has 12 rings (SSSR count). The Hall–Kier alpha value is -8.02. The second-order valence-corrected chi connectivity index (χ2v) is 20.6. The Morgan fingerprint density at radius 3 is 1.96 bits per heavy atom. The van der Waals surface area contributed by atoms with Crippen LogP contribution >= 0.6 is 0 Å². The predicted molar refractivity (Wildman–Crippen MR) is 290 cm³/mol. The van der Waals surface area contributed by atoms with Crippen molar-refractivity contribution in [3.8, 4) is 45.1 Å². The van der Waals surface area contributed by atoms with Crippen LogP contribution in [0, 0.1) is 20.8 Å². The number of pyridine rings is 1. The van der Waals surface area contributed by atoms with E-state index in [0.717, 1.165) is 67.1 Å². The first-order valence-electron chi connectivity index (χ1n) is 24.1. The maximum Gasteiger partial charge on any atom is 0.147 e. The lowest BCUT2D eigenvalue weighted by Crippen LogP contribution is -2.19. The van der Waals surface area contributed by atoms with Gasteiger partial charge in [-0.15, -0.1) is 0 Å². The molecule has 336 valence electrons. The van der Waals surface area contributed by atoms with Gasteiger partial charge in [0.2, 0.25) is 0 Å². The van der Waals surface area contributed by atoms with Crippen LogP contribution in [0.2, 0.25) is 0 Å². The van der Waals surface area contributed by atoms with Crippen LogP contribution in [0.25, 0.3) is 99.8 Å². The summed E-state index contributed by atoms with van der Waals surface area (Å²) in [7, 11) is 0. The molecule has 0 radical (unpaired) electrons. The average molecular weight is 894 g/mol. The molecule has 0 amide bonds. The first kappa shape index (κ1) is 42.3. The molecular weight excluding hydrogens is 839 g/mol. The number of imidazole rings is 1. The van der Waals surface area contributed by atoms with Crippen molar-refractivity contribution < 1.29 is 0 Å². The Balaban J connectivity index is 1.20. The van der Waals surface area contributed by atoms with Gasteiger partial charge in [-0.25, -0.2) is 9.97 Å². The Labute approximate surface area is 403 Å². The molecule has 0 spiro atoms. The predicted octanol–water partition coefficient (Wildman–Crippen LogP) is 16.7. The Morgan fingerprint density at radius 2 is 1.20 bits per heavy atom. The number of hydrogen-bond acceptors (Lipinski definition) is 2. The van der Waals surface area contributed by atoms with Gasteiger partial charge in [0.1, 0.15) is 11.6 Å². The van der Waals surface area contributed by atoms with Crippen LogP contribution in [0.5, 0.6) is 0 Å². The smallest absolute Gasteiger partial charge is 0.147 e. The molecule has 0 aliphatic rings. The number of fused-ring (bicyclic) bond motifs is 7. The number of hydrogen-bond donors (Lipinski definition) is 1. The van der Waals surface area contributed by atoms with Crippen molar-refractivity contribution >= 4 is 54.6 Å². The zero-order valence-corrected chi connectivity index (χ0v) is 40.6. The molecule has 0 atom stereocenters. The number of rotatable bonds is 7. The lowest BCUT2D eigenvalue weighted by Gasteiger charge is -2.27. The van der Waals surface area contributed by atoms with Crippen LogP contribution in [-0.4, -0.2) is 24.1 Å². The molecule has 4 heterocycles. The molecule has 0 saturated heterocycles. The van der Waals surface area contributed by atoms with Gasteiger partial charge in [-0.2, -0.15) is 0 Å². The van der Waals surface area contributed by atoms with Gasteiger partial charge < -0.3 is 4.98 Å². The third-order valence-corrected chi connectivity index (χ3v) is 14.7. The molecule has 0 saturated carbocycles. The minimum absolute atomic E-state index is 0.00555. The summed E-state index contributed by atoms with van der Waals surface area (Å²) in [5.74, 6) is 1.79. The van der Waals surface area contributed by atoms with E-state index < -0.39 is 0 Å². The van der Waals surface area contributed by atoms with E-state index in [1.165, 1.54) is 66.1 Å². The average Bonchev–Trinajstić information content (AvgIpc) is 4.03. The molecule has 12 aromatic rings. The standard InChI is InChI=1S/C64H55N5/c1-39-30-31-65-58(32-39)69-55-29-27-45(63(4,5)6)36-53(55)49-28-26-43(35-56(49)69)52-37-46(64(7,8)44-20-13-10-14-21-44)38-57-61(52)67-62(51-24-17-23-50-48-22-15-16-25-54(48)66-60(50)51)68(57)47-33-40(2)59(41(3)34-47)42-18-11-9-12-19-42/h9-38,66H,1-8H3. The van der Waals surface area contributed by atoms with Gasteiger partial charge in [0.25, 0.3) is 0 Å². The molecule has 4 aromatic heterocycles. The number of H-pyrrole nitrogens is 1. The highest BCUT2D eigenvalue weighted by molar-refractivity contribution is 6.13. The fraction of sp³-hybridized carbons (Fsp3) is 0.156. The number of benzene rings is 8. The summed E-state index contributed by atoms with van der Waals surface area (Å²) in [5.41, 5.74) is 20.2. The molecule has 8 aromatic carbocycles. The van der Waals surface area contributed by atoms with E-state index in [1.807, 2.05) is 6.20 Å². The molecule has 1 N–H and O–H groups in total. The van der Waals surface area contributed by atoms with Crippen LogP contribution < -0.4 is 0 Å². The third-order valence-electron chi connectivity index (χ3n) is 14.7. The molecule has 5 nitrogen and oxygen atoms in total. The van der Waals surface area contributed by atoms with Crippen molar-refractivity contribution in [2.75, 3.05) is 0 Å². The molecule has 69 heavy (non-hydrogen) atoms. The topological polar surface area (TPSA) is 51.4 Å². The van der Waals surface area contributed by atoms with E-state index in [9.17, 15) is 0 Å². The van der Waals surface area contributed by atoms with Gasteiger partial charge in [-0.05, 0) is 143 Å². The van der Waals surface area contributed by atoms with Gasteiger partial charge in [0, 0.05) is 55.5 Å². The molecular formula is C64H55N5. The van der Waals surface area contributed by atoms with E-state index in [-0.39, 0.29) is 10.8 Å². The maximum atomic E-state index is 5.87. The minimum Gasteiger partial charge on any atom is -0.354 e. The van der Waals surface area contributed by atoms with Crippen molar-refractivity contribution in [2.24, 2.45) is 0 Å². The summed E-state index contributed by atoms with van der Waals surface area (Å²) >= 11 is 0. The van der Waals surface area contributed by atoms with Crippen molar-refractivity contribution in [1.82, 2.24) is 24.1 Å². The van der Waals surface area contributed by atoms with Crippen molar-refractivity contribution in [2.45, 2.75) is 66.2 Å². The van der Waals surface area contributed by atoms with Gasteiger partial charge in [0.15, 0.2) is 0 Å². The second kappa shape index (κ2) is 15.8. The third kappa shape index (κ3) is 6.90. The first-order valence-corrected chi connectivity index (χ1v) is 24.1. The highest BCUT2D eigenvalue weighted by Crippen LogP contribution is 2.45. The number of nitrogens with one attached hydrogen (secondary N) is 1. The van der Waals surface area contributed by atoms with Crippen molar-refractivity contribution in [3.05, 3.63) is 216 Å². The summed E-state index contributed by atoms with van der Waals surface area (Å²) in [6.07, 6.45) is 1.92. The zero-order chi connectivity index (χ0) is 47.3. The normalized spacial score (nSPS) is 12.3. The zero-order valence-electron chi connectivity index (χ0n) is 40.6. The fourth-order valence-electron chi connectivity index (χ4n) is 11.0. The summed E-state index contributed by atoms with van der Waals surface area (Å²) < 4.78 is 4.78. The fourth-order valence-corrected chi connectivity index (χ4v) is 11.0. The van der Waals surface area contributed by atoms with Gasteiger partial charge >= 0.3 is 0 Å². The van der Waals surface area contributed by atoms with Crippen LogP contribution in [0.3, 0.4) is 0 Å². The largest absolute Gasteiger partial charge is 0.354 e. The van der Waals surface area contributed by atoms with Gasteiger partial charge in [-0.1, -0.05) is 144 Å². The Morgan fingerprint density at radius 1 is 0.478 bits per heavy atom. The molecule has 0 aliphatic heterocycles. The monoisotopic (exact) mass is 893 g/mol. The second-order valence-electron chi connectivity index (χ2n) is 20.6. The summed E-state index contributed by atoms with van der Waals surface area (Å²) in [4.78, 5) is 14.7. The summed E-state index contributed by atoms with van der Waals surface area (Å²) in [6.45, 7) is 18.2. The van der Waals surface area contributed by atoms with Gasteiger partial charge in [-0.3, -0.25) is 9.13 Å². The molecule has 5 heteroatoms. The van der Waals surface area contributed by atoms with Crippen LogP contribution in [0.1, 0.15) is 68.0 Å². The SMILES string of the molecule is Cc1ccnc(-n2c3ccc(C(C)(C)C)cc3c3ccc(-c4cc(C(C)(C)c5ccccc5)cc5c4nc(-c4cccc6c4[nH]c4ccccc46)n5-c4cc(C)c(-c5ccccc5)c(C)c4)cc32)c1. The number of aromatic nitrogens is 5. The highest BCUT2D eigenvalue weighted by atomic mass is 15.1. The number of aromatic amines is 1. The van der Waals surface area contributed by atoms with E-state index in [4.69, 9.17) is 9.97 Å². The molecule has 0 aliphatic carbocycles. The Bertz CT molecular complexity index is 3960. The van der Waals surface area contributed by atoms with E-state index >= 15 is 0 Å². The molecule has 0 fully saturated rings. The highest BCUT2D eigenvalue weighted by Gasteiger charge is 2.29. The number of nitrogens with zero attached hydrogens (tertiary/aromatic N) is 4. The number of para-hydroxylation sites is 2. The van der Waals surface area contributed by atoms with Crippen LogP contribution in [0.15, 0.2) is 182 Å². The molecule has 0 unspecified atom stereocenters.